The Bertz CT molecular complexity index is 706. The molecule has 108 valence electrons. The van der Waals surface area contributed by atoms with Crippen LogP contribution in [0.2, 0.25) is 5.02 Å². The van der Waals surface area contributed by atoms with Crippen molar-refractivity contribution < 1.29 is 9.72 Å². The van der Waals surface area contributed by atoms with Crippen molar-refractivity contribution in [1.82, 2.24) is 0 Å². The van der Waals surface area contributed by atoms with Crippen LogP contribution in [-0.2, 0) is 5.33 Å². The smallest absolute Gasteiger partial charge is 0.283 e. The summed E-state index contributed by atoms with van der Waals surface area (Å²) in [6.07, 6.45) is 0. The van der Waals surface area contributed by atoms with Crippen molar-refractivity contribution in [2.24, 2.45) is 0 Å². The molecule has 1 N–H and O–H groups in total. The summed E-state index contributed by atoms with van der Waals surface area (Å²) in [4.78, 5) is 22.7. The molecule has 0 aromatic heterocycles. The van der Waals surface area contributed by atoms with Crippen LogP contribution < -0.4 is 5.32 Å². The summed E-state index contributed by atoms with van der Waals surface area (Å²) < 4.78 is 0. The third-order valence-corrected chi connectivity index (χ3v) is 3.74. The van der Waals surface area contributed by atoms with E-state index >= 15 is 0 Å². The van der Waals surface area contributed by atoms with Crippen molar-refractivity contribution in [1.29, 1.82) is 0 Å². The third kappa shape index (κ3) is 3.40. The number of nitrogens with zero attached hydrogens (tertiary/aromatic N) is 1. The fourth-order valence-corrected chi connectivity index (χ4v) is 2.58. The minimum Gasteiger partial charge on any atom is -0.321 e. The maximum Gasteiger partial charge on any atom is 0.283 e. The fourth-order valence-electron chi connectivity index (χ4n) is 1.83. The first-order valence-electron chi connectivity index (χ1n) is 5.92. The number of halogens is 2. The van der Waals surface area contributed by atoms with Gasteiger partial charge in [0.2, 0.25) is 0 Å². The molecule has 0 radical (unpaired) electrons. The second kappa shape index (κ2) is 6.69. The second-order valence-electron chi connectivity index (χ2n) is 4.14. The standard InChI is InChI=1S/C14H10BrClN2O3/c15-8-9-4-1-2-6-11(9)17-14(19)13-10(16)5-3-7-12(13)18(20)21/h1-7H,8H2,(H,17,19). The van der Waals surface area contributed by atoms with Gasteiger partial charge in [-0.05, 0) is 17.7 Å². The van der Waals surface area contributed by atoms with Crippen molar-refractivity contribution in [2.45, 2.75) is 5.33 Å². The Morgan fingerprint density at radius 1 is 1.24 bits per heavy atom. The fraction of sp³-hybridized carbons (Fsp3) is 0.0714. The van der Waals surface area contributed by atoms with E-state index in [2.05, 4.69) is 21.2 Å². The predicted octanol–water partition coefficient (Wildman–Crippen LogP) is 4.40. The molecule has 2 aromatic rings. The number of anilines is 1. The van der Waals surface area contributed by atoms with E-state index in [0.29, 0.717) is 11.0 Å². The highest BCUT2D eigenvalue weighted by molar-refractivity contribution is 9.08. The molecule has 0 saturated heterocycles. The SMILES string of the molecule is O=C(Nc1ccccc1CBr)c1c(Cl)cccc1[N+](=O)[O-]. The largest absolute Gasteiger partial charge is 0.321 e. The molecule has 0 aliphatic rings. The van der Waals surface area contributed by atoms with Crippen molar-refractivity contribution in [3.63, 3.8) is 0 Å². The lowest BCUT2D eigenvalue weighted by molar-refractivity contribution is -0.385. The number of rotatable bonds is 4. The highest BCUT2D eigenvalue weighted by atomic mass is 79.9. The number of nitro groups is 1. The monoisotopic (exact) mass is 368 g/mol. The van der Waals surface area contributed by atoms with E-state index in [1.165, 1.54) is 18.2 Å². The lowest BCUT2D eigenvalue weighted by Crippen LogP contribution is -2.15. The van der Waals surface area contributed by atoms with Crippen molar-refractivity contribution in [2.75, 3.05) is 5.32 Å². The molecule has 2 aromatic carbocycles. The van der Waals surface area contributed by atoms with Gasteiger partial charge in [-0.1, -0.05) is 51.8 Å². The number of amides is 1. The van der Waals surface area contributed by atoms with E-state index in [0.717, 1.165) is 5.56 Å². The first-order chi connectivity index (χ1) is 10.0. The van der Waals surface area contributed by atoms with Crippen LogP contribution in [0.5, 0.6) is 0 Å². The Morgan fingerprint density at radius 3 is 2.62 bits per heavy atom. The van der Waals surface area contributed by atoms with Crippen LogP contribution >= 0.6 is 27.5 Å². The molecule has 0 atom stereocenters. The van der Waals surface area contributed by atoms with E-state index in [1.54, 1.807) is 12.1 Å². The molecule has 5 nitrogen and oxygen atoms in total. The van der Waals surface area contributed by atoms with Gasteiger partial charge >= 0.3 is 0 Å². The molecule has 2 rings (SSSR count). The Hall–Kier alpha value is -1.92. The molecule has 0 fully saturated rings. The van der Waals surface area contributed by atoms with Crippen LogP contribution in [0.3, 0.4) is 0 Å². The molecular formula is C14H10BrClN2O3. The Morgan fingerprint density at radius 2 is 1.95 bits per heavy atom. The summed E-state index contributed by atoms with van der Waals surface area (Å²) in [5, 5.41) is 14.3. The van der Waals surface area contributed by atoms with Gasteiger partial charge in [-0.3, -0.25) is 14.9 Å². The molecule has 7 heteroatoms. The van der Waals surface area contributed by atoms with Crippen LogP contribution in [0, 0.1) is 10.1 Å². The summed E-state index contributed by atoms with van der Waals surface area (Å²) in [7, 11) is 0. The normalized spacial score (nSPS) is 10.2. The van der Waals surface area contributed by atoms with Gasteiger partial charge < -0.3 is 5.32 Å². The first-order valence-corrected chi connectivity index (χ1v) is 7.42. The van der Waals surface area contributed by atoms with Gasteiger partial charge in [0.15, 0.2) is 0 Å². The third-order valence-electron chi connectivity index (χ3n) is 2.82. The summed E-state index contributed by atoms with van der Waals surface area (Å²) in [6.45, 7) is 0. The van der Waals surface area contributed by atoms with Gasteiger partial charge in [0.25, 0.3) is 11.6 Å². The zero-order valence-electron chi connectivity index (χ0n) is 10.7. The van der Waals surface area contributed by atoms with Crippen LogP contribution in [-0.4, -0.2) is 10.8 Å². The minimum absolute atomic E-state index is 0.0398. The average Bonchev–Trinajstić information content (AvgIpc) is 2.47. The van der Waals surface area contributed by atoms with E-state index < -0.39 is 10.8 Å². The number of hydrogen-bond donors (Lipinski definition) is 1. The molecule has 0 unspecified atom stereocenters. The van der Waals surface area contributed by atoms with Crippen molar-refractivity contribution in [3.05, 3.63) is 68.7 Å². The van der Waals surface area contributed by atoms with Crippen molar-refractivity contribution in [3.8, 4) is 0 Å². The predicted molar refractivity (Wildman–Crippen MR) is 85.1 cm³/mol. The molecule has 0 aliphatic carbocycles. The Kier molecular flexibility index (Phi) is 4.93. The van der Waals surface area contributed by atoms with Gasteiger partial charge in [-0.25, -0.2) is 0 Å². The molecular weight excluding hydrogens is 360 g/mol. The Labute approximate surface area is 134 Å². The van der Waals surface area contributed by atoms with Gasteiger partial charge in [0.1, 0.15) is 5.56 Å². The maximum absolute atomic E-state index is 12.3. The van der Waals surface area contributed by atoms with E-state index in [-0.39, 0.29) is 16.3 Å². The zero-order valence-corrected chi connectivity index (χ0v) is 13.0. The van der Waals surface area contributed by atoms with E-state index in [4.69, 9.17) is 11.6 Å². The van der Waals surface area contributed by atoms with Crippen molar-refractivity contribution >= 4 is 44.8 Å². The van der Waals surface area contributed by atoms with Gasteiger partial charge in [0, 0.05) is 17.1 Å². The molecule has 21 heavy (non-hydrogen) atoms. The lowest BCUT2D eigenvalue weighted by Gasteiger charge is -2.10. The number of carbonyl (C=O) groups is 1. The lowest BCUT2D eigenvalue weighted by atomic mass is 10.1. The van der Waals surface area contributed by atoms with E-state index in [1.807, 2.05) is 12.1 Å². The number of carbonyl (C=O) groups excluding carboxylic acids is 1. The quantitative estimate of drug-likeness (QED) is 0.493. The Balaban J connectivity index is 2.39. The number of para-hydroxylation sites is 1. The number of alkyl halides is 1. The van der Waals surface area contributed by atoms with Gasteiger partial charge in [-0.15, -0.1) is 0 Å². The highest BCUT2D eigenvalue weighted by Gasteiger charge is 2.23. The van der Waals surface area contributed by atoms with E-state index in [9.17, 15) is 14.9 Å². The highest BCUT2D eigenvalue weighted by Crippen LogP contribution is 2.28. The summed E-state index contributed by atoms with van der Waals surface area (Å²) in [5.41, 5.74) is 0.971. The minimum atomic E-state index is -0.628. The number of nitro benzene ring substituents is 1. The van der Waals surface area contributed by atoms with Crippen LogP contribution in [0.1, 0.15) is 15.9 Å². The number of hydrogen-bond acceptors (Lipinski definition) is 3. The molecule has 0 bridgehead atoms. The molecule has 0 spiro atoms. The topological polar surface area (TPSA) is 72.2 Å². The number of benzene rings is 2. The summed E-state index contributed by atoms with van der Waals surface area (Å²) in [5.74, 6) is -0.610. The van der Waals surface area contributed by atoms with Gasteiger partial charge in [0.05, 0.1) is 9.95 Å². The molecule has 1 amide bonds. The summed E-state index contributed by atoms with van der Waals surface area (Å²) >= 11 is 9.25. The summed E-state index contributed by atoms with van der Waals surface area (Å²) in [6, 6.07) is 11.3. The van der Waals surface area contributed by atoms with Crippen LogP contribution in [0.15, 0.2) is 42.5 Å². The maximum atomic E-state index is 12.3. The van der Waals surface area contributed by atoms with Crippen LogP contribution in [0.25, 0.3) is 0 Å². The molecule has 0 saturated carbocycles. The average molecular weight is 370 g/mol. The first kappa shape index (κ1) is 15.5. The zero-order chi connectivity index (χ0) is 15.4. The van der Waals surface area contributed by atoms with Crippen LogP contribution in [0.4, 0.5) is 11.4 Å². The van der Waals surface area contributed by atoms with Gasteiger partial charge in [-0.2, -0.15) is 0 Å². The molecule has 0 heterocycles. The number of nitrogens with one attached hydrogen (secondary N) is 1. The molecule has 0 aliphatic heterocycles. The second-order valence-corrected chi connectivity index (χ2v) is 5.10.